The van der Waals surface area contributed by atoms with E-state index < -0.39 is 12.6 Å². The van der Waals surface area contributed by atoms with Gasteiger partial charge in [0.05, 0.1) is 6.54 Å². The van der Waals surface area contributed by atoms with Crippen LogP contribution in [0, 0.1) is 5.92 Å². The van der Waals surface area contributed by atoms with Crippen LogP contribution in [-0.4, -0.2) is 33.3 Å². The van der Waals surface area contributed by atoms with Crippen LogP contribution in [0.3, 0.4) is 0 Å². The van der Waals surface area contributed by atoms with Crippen LogP contribution in [0.1, 0.15) is 38.1 Å². The van der Waals surface area contributed by atoms with Gasteiger partial charge in [0.25, 0.3) is 0 Å². The number of nitrogens with zero attached hydrogens (tertiary/aromatic N) is 2. The number of halogens is 2. The predicted molar refractivity (Wildman–Crippen MR) is 71.7 cm³/mol. The smallest absolute Gasteiger partial charge is 0.319 e. The molecule has 118 valence electrons. The monoisotopic (exact) mass is 302 g/mol. The molecule has 2 rings (SSSR count). The second-order valence-electron chi connectivity index (χ2n) is 5.19. The maximum absolute atomic E-state index is 12.6. The van der Waals surface area contributed by atoms with Crippen molar-refractivity contribution in [3.8, 4) is 0 Å². The zero-order chi connectivity index (χ0) is 15.2. The highest BCUT2D eigenvalue weighted by atomic mass is 19.3. The lowest BCUT2D eigenvalue weighted by Gasteiger charge is -2.30. The maximum atomic E-state index is 12.6. The highest BCUT2D eigenvalue weighted by Gasteiger charge is 2.25. The molecule has 8 heteroatoms. The Morgan fingerprint density at radius 1 is 1.48 bits per heavy atom. The molecule has 6 nitrogen and oxygen atoms in total. The molecule has 0 spiro atoms. The predicted octanol–water partition coefficient (Wildman–Crippen LogP) is 1.63. The number of imidazole rings is 1. The lowest BCUT2D eigenvalue weighted by atomic mass is 9.85. The lowest BCUT2D eigenvalue weighted by molar-refractivity contribution is 0.0666. The van der Waals surface area contributed by atoms with E-state index in [1.54, 1.807) is 0 Å². The summed E-state index contributed by atoms with van der Waals surface area (Å²) in [7, 11) is 0. The minimum atomic E-state index is -2.68. The third-order valence-corrected chi connectivity index (χ3v) is 3.83. The summed E-state index contributed by atoms with van der Waals surface area (Å²) < 4.78 is 25.9. The fourth-order valence-electron chi connectivity index (χ4n) is 2.65. The minimum absolute atomic E-state index is 0.0424. The molecule has 2 unspecified atom stereocenters. The lowest BCUT2D eigenvalue weighted by Crippen LogP contribution is -2.47. The molecule has 1 aliphatic carbocycles. The molecule has 0 radical (unpaired) electrons. The molecule has 2 atom stereocenters. The molecular weight excluding hydrogens is 282 g/mol. The molecule has 1 aliphatic rings. The number of nitrogens with one attached hydrogen (secondary N) is 2. The van der Waals surface area contributed by atoms with Crippen molar-refractivity contribution in [1.82, 2.24) is 20.2 Å². The van der Waals surface area contributed by atoms with Gasteiger partial charge >= 0.3 is 12.6 Å². The van der Waals surface area contributed by atoms with Gasteiger partial charge in [0.1, 0.15) is 5.82 Å². The largest absolute Gasteiger partial charge is 0.396 e. The van der Waals surface area contributed by atoms with Gasteiger partial charge < -0.3 is 15.7 Å². The zero-order valence-electron chi connectivity index (χ0n) is 11.6. The molecule has 1 aromatic rings. The number of amides is 2. The number of hydrogen-bond donors (Lipinski definition) is 3. The molecule has 1 saturated carbocycles. The van der Waals surface area contributed by atoms with E-state index in [-0.39, 0.29) is 30.9 Å². The summed E-state index contributed by atoms with van der Waals surface area (Å²) in [6.07, 6.45) is 6.21. The van der Waals surface area contributed by atoms with Gasteiger partial charge in [0, 0.05) is 31.0 Å². The molecule has 2 amide bonds. The average molecular weight is 302 g/mol. The van der Waals surface area contributed by atoms with Gasteiger partial charge in [-0.15, -0.1) is 0 Å². The quantitative estimate of drug-likeness (QED) is 0.773. The second-order valence-corrected chi connectivity index (χ2v) is 5.19. The number of aromatic nitrogens is 2. The fraction of sp³-hybridized carbons (Fsp3) is 0.692. The minimum Gasteiger partial charge on any atom is -0.396 e. The Morgan fingerprint density at radius 3 is 2.95 bits per heavy atom. The average Bonchev–Trinajstić information content (AvgIpc) is 2.94. The van der Waals surface area contributed by atoms with Gasteiger partial charge in [-0.3, -0.25) is 4.57 Å². The first-order chi connectivity index (χ1) is 10.1. The summed E-state index contributed by atoms with van der Waals surface area (Å²) in [5.74, 6) is 0.162. The number of carbonyl (C=O) groups is 1. The van der Waals surface area contributed by atoms with Crippen molar-refractivity contribution in [1.29, 1.82) is 0 Å². The molecule has 0 saturated heterocycles. The summed E-state index contributed by atoms with van der Waals surface area (Å²) >= 11 is 0. The van der Waals surface area contributed by atoms with Crippen LogP contribution in [0.15, 0.2) is 12.4 Å². The first-order valence-electron chi connectivity index (χ1n) is 7.07. The Balaban J connectivity index is 1.83. The standard InChI is InChI=1S/C13H20F2N4O2/c14-12(15)19-6-5-16-11(19)7-17-13(21)18-10-4-2-1-3-9(10)8-20/h5-6,9-10,12,20H,1-4,7-8H2,(H2,17,18,21). The maximum Gasteiger partial charge on any atom is 0.319 e. The van der Waals surface area contributed by atoms with Crippen LogP contribution in [0.4, 0.5) is 13.6 Å². The van der Waals surface area contributed by atoms with Crippen LogP contribution in [0.5, 0.6) is 0 Å². The Hall–Kier alpha value is -1.70. The van der Waals surface area contributed by atoms with Crippen LogP contribution >= 0.6 is 0 Å². The van der Waals surface area contributed by atoms with Crippen molar-refractivity contribution in [3.05, 3.63) is 18.2 Å². The van der Waals surface area contributed by atoms with Gasteiger partial charge in [0.15, 0.2) is 0 Å². The van der Waals surface area contributed by atoms with E-state index in [2.05, 4.69) is 15.6 Å². The van der Waals surface area contributed by atoms with Crippen LogP contribution < -0.4 is 10.6 Å². The van der Waals surface area contributed by atoms with Crippen LogP contribution in [-0.2, 0) is 6.54 Å². The molecule has 1 aromatic heterocycles. The molecule has 0 aliphatic heterocycles. The first-order valence-corrected chi connectivity index (χ1v) is 7.07. The van der Waals surface area contributed by atoms with E-state index >= 15 is 0 Å². The highest BCUT2D eigenvalue weighted by Crippen LogP contribution is 2.23. The molecule has 0 bridgehead atoms. The summed E-state index contributed by atoms with van der Waals surface area (Å²) in [6.45, 7) is -2.70. The van der Waals surface area contributed by atoms with E-state index in [0.29, 0.717) is 4.57 Å². The summed E-state index contributed by atoms with van der Waals surface area (Å²) in [5, 5.41) is 14.6. The first kappa shape index (κ1) is 15.7. The second kappa shape index (κ2) is 7.35. The Bertz CT molecular complexity index is 467. The number of rotatable bonds is 5. The van der Waals surface area contributed by atoms with Crippen molar-refractivity contribution < 1.29 is 18.7 Å². The van der Waals surface area contributed by atoms with Crippen LogP contribution in [0.2, 0.25) is 0 Å². The van der Waals surface area contributed by atoms with Crippen molar-refractivity contribution in [2.24, 2.45) is 5.92 Å². The van der Waals surface area contributed by atoms with Gasteiger partial charge in [-0.2, -0.15) is 8.78 Å². The summed E-state index contributed by atoms with van der Waals surface area (Å²) in [4.78, 5) is 15.6. The van der Waals surface area contributed by atoms with Crippen molar-refractivity contribution in [3.63, 3.8) is 0 Å². The van der Waals surface area contributed by atoms with E-state index in [9.17, 15) is 18.7 Å². The molecule has 3 N–H and O–H groups in total. The third-order valence-electron chi connectivity index (χ3n) is 3.83. The van der Waals surface area contributed by atoms with Crippen LogP contribution in [0.25, 0.3) is 0 Å². The molecular formula is C13H20F2N4O2. The molecule has 1 heterocycles. The number of alkyl halides is 2. The molecule has 0 aromatic carbocycles. The number of hydrogen-bond acceptors (Lipinski definition) is 3. The summed E-state index contributed by atoms with van der Waals surface area (Å²) in [5.41, 5.74) is 0. The molecule has 21 heavy (non-hydrogen) atoms. The van der Waals surface area contributed by atoms with Gasteiger partial charge in [-0.1, -0.05) is 12.8 Å². The Morgan fingerprint density at radius 2 is 2.24 bits per heavy atom. The molecule has 1 fully saturated rings. The van der Waals surface area contributed by atoms with Crippen molar-refractivity contribution in [2.75, 3.05) is 6.61 Å². The SMILES string of the molecule is O=C(NCc1nccn1C(F)F)NC1CCCCC1CO. The van der Waals surface area contributed by atoms with Gasteiger partial charge in [-0.05, 0) is 12.8 Å². The highest BCUT2D eigenvalue weighted by molar-refractivity contribution is 5.74. The Labute approximate surface area is 121 Å². The normalized spacial score (nSPS) is 22.3. The van der Waals surface area contributed by atoms with Gasteiger partial charge in [0.2, 0.25) is 0 Å². The fourth-order valence-corrected chi connectivity index (χ4v) is 2.65. The third kappa shape index (κ3) is 4.13. The zero-order valence-corrected chi connectivity index (χ0v) is 11.6. The summed E-state index contributed by atoms with van der Waals surface area (Å²) in [6, 6.07) is -0.497. The van der Waals surface area contributed by atoms with Crippen molar-refractivity contribution >= 4 is 6.03 Å². The number of urea groups is 1. The number of aliphatic hydroxyl groups is 1. The Kier molecular flexibility index (Phi) is 5.49. The number of aliphatic hydroxyl groups excluding tert-OH is 1. The number of carbonyl (C=O) groups excluding carboxylic acids is 1. The van der Waals surface area contributed by atoms with E-state index in [1.165, 1.54) is 12.4 Å². The van der Waals surface area contributed by atoms with E-state index in [4.69, 9.17) is 0 Å². The van der Waals surface area contributed by atoms with E-state index in [1.807, 2.05) is 0 Å². The van der Waals surface area contributed by atoms with Gasteiger partial charge in [-0.25, -0.2) is 9.78 Å². The topological polar surface area (TPSA) is 79.2 Å². The van der Waals surface area contributed by atoms with E-state index in [0.717, 1.165) is 25.7 Å². The van der Waals surface area contributed by atoms with Crippen molar-refractivity contribution in [2.45, 2.75) is 44.8 Å².